The number of benzene rings is 2. The van der Waals surface area contributed by atoms with Crippen LogP contribution in [0.5, 0.6) is 17.2 Å². The van der Waals surface area contributed by atoms with Gasteiger partial charge in [0, 0.05) is 56.2 Å². The maximum atomic E-state index is 13.1. The van der Waals surface area contributed by atoms with Gasteiger partial charge in [-0.05, 0) is 23.8 Å². The minimum Gasteiger partial charge on any atom is -0.493 e. The molecule has 0 radical (unpaired) electrons. The van der Waals surface area contributed by atoms with Crippen molar-refractivity contribution in [1.82, 2.24) is 15.2 Å². The molecule has 9 nitrogen and oxygen atoms in total. The van der Waals surface area contributed by atoms with E-state index in [-0.39, 0.29) is 17.7 Å². The molecule has 1 saturated heterocycles. The van der Waals surface area contributed by atoms with Gasteiger partial charge in [0.1, 0.15) is 0 Å². The van der Waals surface area contributed by atoms with E-state index >= 15 is 0 Å². The summed E-state index contributed by atoms with van der Waals surface area (Å²) in [6.45, 7) is 5.48. The normalized spacial score (nSPS) is 18.5. The van der Waals surface area contributed by atoms with Gasteiger partial charge in [0.2, 0.25) is 11.7 Å². The average molecular weight is 481 g/mol. The van der Waals surface area contributed by atoms with Crippen molar-refractivity contribution >= 4 is 17.5 Å². The van der Waals surface area contributed by atoms with Crippen molar-refractivity contribution in [2.75, 3.05) is 47.5 Å². The second kappa shape index (κ2) is 10.8. The molecule has 0 spiro atoms. The van der Waals surface area contributed by atoms with E-state index in [4.69, 9.17) is 14.2 Å². The lowest BCUT2D eigenvalue weighted by atomic mass is 9.93. The average Bonchev–Trinajstić information content (AvgIpc) is 2.88. The number of methoxy groups -OCH3 is 3. The van der Waals surface area contributed by atoms with Crippen LogP contribution in [-0.4, -0.2) is 74.8 Å². The zero-order valence-electron chi connectivity index (χ0n) is 20.7. The Balaban J connectivity index is 1.37. The molecule has 0 aliphatic carbocycles. The predicted octanol–water partition coefficient (Wildman–Crippen LogP) is 2.53. The number of nitrogens with zero attached hydrogens (tertiary/aromatic N) is 3. The highest BCUT2D eigenvalue weighted by atomic mass is 16.5. The van der Waals surface area contributed by atoms with Crippen LogP contribution < -0.4 is 19.6 Å². The van der Waals surface area contributed by atoms with Crippen LogP contribution in [0.4, 0.5) is 0 Å². The molecule has 0 bridgehead atoms. The topological polar surface area (TPSA) is 92.7 Å². The van der Waals surface area contributed by atoms with Crippen molar-refractivity contribution in [2.24, 2.45) is 11.0 Å². The van der Waals surface area contributed by atoms with Crippen molar-refractivity contribution in [3.05, 3.63) is 53.1 Å². The molecular formula is C26H32N4O5. The summed E-state index contributed by atoms with van der Waals surface area (Å²) in [4.78, 5) is 28.8. The lowest BCUT2D eigenvalue weighted by Gasteiger charge is -2.35. The number of nitrogens with one attached hydrogen (secondary N) is 1. The van der Waals surface area contributed by atoms with Gasteiger partial charge < -0.3 is 19.1 Å². The molecule has 1 atom stereocenters. The molecule has 9 heteroatoms. The Morgan fingerprint density at radius 2 is 1.66 bits per heavy atom. The molecule has 1 unspecified atom stereocenters. The quantitative estimate of drug-likeness (QED) is 0.655. The molecule has 2 aromatic rings. The van der Waals surface area contributed by atoms with Crippen LogP contribution in [0.15, 0.2) is 41.5 Å². The van der Waals surface area contributed by atoms with Gasteiger partial charge in [0.15, 0.2) is 11.5 Å². The zero-order valence-corrected chi connectivity index (χ0v) is 20.7. The number of rotatable bonds is 7. The molecule has 2 heterocycles. The van der Waals surface area contributed by atoms with Crippen molar-refractivity contribution in [3.63, 3.8) is 0 Å². The summed E-state index contributed by atoms with van der Waals surface area (Å²) >= 11 is 0. The van der Waals surface area contributed by atoms with Crippen LogP contribution in [0, 0.1) is 5.92 Å². The Morgan fingerprint density at radius 1 is 0.971 bits per heavy atom. The van der Waals surface area contributed by atoms with E-state index in [2.05, 4.69) is 15.4 Å². The zero-order chi connectivity index (χ0) is 24.9. The van der Waals surface area contributed by atoms with Gasteiger partial charge in [-0.3, -0.25) is 14.5 Å². The minimum absolute atomic E-state index is 0.0202. The van der Waals surface area contributed by atoms with Crippen LogP contribution >= 0.6 is 0 Å². The number of hydrogen-bond acceptors (Lipinski definition) is 7. The van der Waals surface area contributed by atoms with Crippen LogP contribution in [0.1, 0.15) is 34.8 Å². The molecule has 0 aromatic heterocycles. The molecule has 186 valence electrons. The van der Waals surface area contributed by atoms with Crippen LogP contribution in [-0.2, 0) is 11.3 Å². The predicted molar refractivity (Wildman–Crippen MR) is 132 cm³/mol. The van der Waals surface area contributed by atoms with E-state index in [1.165, 1.54) is 0 Å². The molecule has 1 fully saturated rings. The Hall–Kier alpha value is -3.59. The van der Waals surface area contributed by atoms with Crippen LogP contribution in [0.25, 0.3) is 0 Å². The summed E-state index contributed by atoms with van der Waals surface area (Å²) < 4.78 is 16.5. The van der Waals surface area contributed by atoms with Gasteiger partial charge >= 0.3 is 0 Å². The number of carbonyl (C=O) groups excluding carboxylic acids is 2. The summed E-state index contributed by atoms with van der Waals surface area (Å²) in [7, 11) is 4.83. The van der Waals surface area contributed by atoms with Gasteiger partial charge in [-0.1, -0.05) is 25.1 Å². The Kier molecular flexibility index (Phi) is 7.55. The fourth-order valence-corrected chi connectivity index (χ4v) is 4.61. The third-order valence-electron chi connectivity index (χ3n) is 6.53. The van der Waals surface area contributed by atoms with Crippen molar-refractivity contribution in [3.8, 4) is 17.2 Å². The maximum Gasteiger partial charge on any atom is 0.253 e. The number of carbonyl (C=O) groups is 2. The molecule has 4 rings (SSSR count). The van der Waals surface area contributed by atoms with Crippen molar-refractivity contribution in [1.29, 1.82) is 0 Å². The monoisotopic (exact) mass is 480 g/mol. The Morgan fingerprint density at radius 3 is 2.26 bits per heavy atom. The first-order chi connectivity index (χ1) is 16.9. The smallest absolute Gasteiger partial charge is 0.253 e. The Labute approximate surface area is 205 Å². The minimum atomic E-state index is -0.0724. The van der Waals surface area contributed by atoms with Crippen molar-refractivity contribution in [2.45, 2.75) is 19.9 Å². The van der Waals surface area contributed by atoms with Gasteiger partial charge in [-0.25, -0.2) is 5.43 Å². The first kappa shape index (κ1) is 24.5. The second-order valence-corrected chi connectivity index (χ2v) is 8.78. The molecular weight excluding hydrogens is 448 g/mol. The van der Waals surface area contributed by atoms with E-state index in [1.54, 1.807) is 21.3 Å². The molecule has 35 heavy (non-hydrogen) atoms. The SMILES string of the molecule is COc1ccc(CN2CCN(C(=O)c3ccc(C4=NNC(=O)CC4C)cc3)CC2)c(OC)c1OC. The number of ether oxygens (including phenoxy) is 3. The lowest BCUT2D eigenvalue weighted by Crippen LogP contribution is -2.48. The standard InChI is InChI=1S/C26H32N4O5/c1-17-15-22(31)27-28-23(17)18-5-7-19(8-6-18)26(32)30-13-11-29(12-14-30)16-20-9-10-21(33-2)25(35-4)24(20)34-3/h5-10,17H,11-16H2,1-4H3,(H,27,31). The first-order valence-corrected chi connectivity index (χ1v) is 11.7. The van der Waals surface area contributed by atoms with E-state index in [0.717, 1.165) is 29.9 Å². The lowest BCUT2D eigenvalue weighted by molar-refractivity contribution is -0.121. The summed E-state index contributed by atoms with van der Waals surface area (Å²) in [5.41, 5.74) is 5.95. The highest BCUT2D eigenvalue weighted by Gasteiger charge is 2.25. The number of hydrogen-bond donors (Lipinski definition) is 1. The first-order valence-electron chi connectivity index (χ1n) is 11.7. The second-order valence-electron chi connectivity index (χ2n) is 8.78. The fraction of sp³-hybridized carbons (Fsp3) is 0.423. The molecule has 2 aliphatic rings. The van der Waals surface area contributed by atoms with Gasteiger partial charge in [-0.15, -0.1) is 0 Å². The van der Waals surface area contributed by atoms with Crippen LogP contribution in [0.3, 0.4) is 0 Å². The summed E-state index contributed by atoms with van der Waals surface area (Å²) in [5, 5.41) is 4.19. The summed E-state index contributed by atoms with van der Waals surface area (Å²) in [6, 6.07) is 11.4. The van der Waals surface area contributed by atoms with E-state index in [1.807, 2.05) is 48.2 Å². The number of hydrazone groups is 1. The Bertz CT molecular complexity index is 1110. The third-order valence-corrected chi connectivity index (χ3v) is 6.53. The molecule has 2 aliphatic heterocycles. The summed E-state index contributed by atoms with van der Waals surface area (Å²) in [6.07, 6.45) is 0.416. The van der Waals surface area contributed by atoms with Gasteiger partial charge in [0.25, 0.3) is 5.91 Å². The fourth-order valence-electron chi connectivity index (χ4n) is 4.61. The molecule has 2 amide bonds. The molecule has 0 saturated carbocycles. The van der Waals surface area contributed by atoms with E-state index in [9.17, 15) is 9.59 Å². The largest absolute Gasteiger partial charge is 0.493 e. The van der Waals surface area contributed by atoms with E-state index in [0.29, 0.717) is 48.9 Å². The molecule has 1 N–H and O–H groups in total. The maximum absolute atomic E-state index is 13.1. The highest BCUT2D eigenvalue weighted by Crippen LogP contribution is 2.40. The number of amides is 2. The highest BCUT2D eigenvalue weighted by molar-refractivity contribution is 6.06. The van der Waals surface area contributed by atoms with Gasteiger partial charge in [-0.2, -0.15) is 5.10 Å². The van der Waals surface area contributed by atoms with Crippen LogP contribution in [0.2, 0.25) is 0 Å². The van der Waals surface area contributed by atoms with Crippen molar-refractivity contribution < 1.29 is 23.8 Å². The number of piperazine rings is 1. The van der Waals surface area contributed by atoms with E-state index < -0.39 is 0 Å². The molecule has 2 aromatic carbocycles. The van der Waals surface area contributed by atoms with Gasteiger partial charge in [0.05, 0.1) is 27.0 Å². The summed E-state index contributed by atoms with van der Waals surface area (Å²) in [5.74, 6) is 1.87. The third kappa shape index (κ3) is 5.24.